The van der Waals surface area contributed by atoms with Crippen molar-refractivity contribution in [1.82, 2.24) is 0 Å². The molecule has 1 N–H and O–H groups in total. The van der Waals surface area contributed by atoms with Gasteiger partial charge in [-0.2, -0.15) is 0 Å². The molecule has 1 atom stereocenters. The Bertz CT molecular complexity index is 850. The van der Waals surface area contributed by atoms with Crippen LogP contribution in [0.15, 0.2) is 53.4 Å². The second kappa shape index (κ2) is 5.75. The third-order valence-electron chi connectivity index (χ3n) is 3.41. The molecular weight excluding hydrogens is 342 g/mol. The number of carboxylic acids is 1. The summed E-state index contributed by atoms with van der Waals surface area (Å²) in [6.45, 7) is -0.308. The monoisotopic (exact) mass is 353 g/mol. The summed E-state index contributed by atoms with van der Waals surface area (Å²) in [4.78, 5) is 11.3. The van der Waals surface area contributed by atoms with Gasteiger partial charge in [0, 0.05) is 5.02 Å². The molecule has 0 fully saturated rings. The van der Waals surface area contributed by atoms with Crippen LogP contribution in [0.3, 0.4) is 0 Å². The normalized spacial score (nSPS) is 17.3. The van der Waals surface area contributed by atoms with Crippen LogP contribution < -0.4 is 9.04 Å². The van der Waals surface area contributed by atoms with Gasteiger partial charge in [-0.1, -0.05) is 23.7 Å². The van der Waals surface area contributed by atoms with Gasteiger partial charge in [0.1, 0.15) is 5.75 Å². The molecule has 1 aliphatic rings. The number of fused-ring (bicyclic) bond motifs is 1. The van der Waals surface area contributed by atoms with Crippen LogP contribution in [0.5, 0.6) is 5.75 Å². The zero-order valence-corrected chi connectivity index (χ0v) is 13.3. The van der Waals surface area contributed by atoms with Gasteiger partial charge < -0.3 is 9.84 Å². The maximum atomic E-state index is 12.9. The van der Waals surface area contributed by atoms with Crippen molar-refractivity contribution in [2.24, 2.45) is 0 Å². The van der Waals surface area contributed by atoms with E-state index < -0.39 is 22.1 Å². The molecule has 0 saturated carbocycles. The number of carbonyl (C=O) groups is 1. The van der Waals surface area contributed by atoms with E-state index in [1.807, 2.05) is 0 Å². The molecule has 3 rings (SSSR count). The molecule has 0 saturated heterocycles. The molecule has 0 aliphatic carbocycles. The summed E-state index contributed by atoms with van der Waals surface area (Å²) < 4.78 is 32.1. The molecule has 0 aromatic heterocycles. The van der Waals surface area contributed by atoms with Crippen LogP contribution in [0.4, 0.5) is 5.69 Å². The van der Waals surface area contributed by atoms with Crippen LogP contribution >= 0.6 is 11.6 Å². The summed E-state index contributed by atoms with van der Waals surface area (Å²) in [5, 5.41) is 9.60. The van der Waals surface area contributed by atoms with Crippen LogP contribution in [-0.2, 0) is 14.8 Å². The number of hydrogen-bond donors (Lipinski definition) is 1. The van der Waals surface area contributed by atoms with Crippen LogP contribution in [0.1, 0.15) is 0 Å². The molecule has 1 unspecified atom stereocenters. The van der Waals surface area contributed by atoms with Crippen molar-refractivity contribution in [1.29, 1.82) is 0 Å². The molecule has 0 radical (unpaired) electrons. The lowest BCUT2D eigenvalue weighted by Crippen LogP contribution is -2.47. The van der Waals surface area contributed by atoms with Gasteiger partial charge in [-0.3, -0.25) is 4.31 Å². The molecule has 2 aromatic rings. The van der Waals surface area contributed by atoms with Crippen molar-refractivity contribution in [3.05, 3.63) is 53.6 Å². The Morgan fingerprint density at radius 3 is 2.48 bits per heavy atom. The fourth-order valence-corrected chi connectivity index (χ4v) is 3.89. The Balaban J connectivity index is 2.10. The topological polar surface area (TPSA) is 83.9 Å². The van der Waals surface area contributed by atoms with E-state index in [0.717, 1.165) is 4.31 Å². The molecule has 23 heavy (non-hydrogen) atoms. The molecule has 1 heterocycles. The molecule has 2 aromatic carbocycles. The summed E-state index contributed by atoms with van der Waals surface area (Å²) >= 11 is 5.79. The summed E-state index contributed by atoms with van der Waals surface area (Å²) in [6.07, 6.45) is -1.27. The first kappa shape index (κ1) is 15.6. The number of carboxylic acid groups (broad SMARTS) is 1. The Hall–Kier alpha value is -2.25. The Morgan fingerprint density at radius 2 is 1.83 bits per heavy atom. The van der Waals surface area contributed by atoms with E-state index in [1.165, 1.54) is 30.3 Å². The zero-order chi connectivity index (χ0) is 16.6. The molecule has 6 nitrogen and oxygen atoms in total. The lowest BCUT2D eigenvalue weighted by Gasteiger charge is -2.33. The summed E-state index contributed by atoms with van der Waals surface area (Å²) in [7, 11) is -3.93. The maximum Gasteiger partial charge on any atom is 0.346 e. The number of halogens is 1. The van der Waals surface area contributed by atoms with Crippen molar-refractivity contribution in [2.45, 2.75) is 11.0 Å². The highest BCUT2D eigenvalue weighted by Gasteiger charge is 2.37. The Labute approximate surface area is 137 Å². The van der Waals surface area contributed by atoms with Crippen LogP contribution in [0.25, 0.3) is 0 Å². The van der Waals surface area contributed by atoms with E-state index in [1.54, 1.807) is 18.2 Å². The molecule has 0 amide bonds. The minimum atomic E-state index is -3.93. The average molecular weight is 354 g/mol. The maximum absolute atomic E-state index is 12.9. The standard InChI is InChI=1S/C15H12ClNO5S/c16-10-5-7-11(8-6-10)23(20,21)17-9-14(15(18)19)22-13-4-2-1-3-12(13)17/h1-8,14H,9H2,(H,18,19). The van der Waals surface area contributed by atoms with Crippen LogP contribution in [0, 0.1) is 0 Å². The lowest BCUT2D eigenvalue weighted by atomic mass is 10.2. The first-order chi connectivity index (χ1) is 10.9. The zero-order valence-electron chi connectivity index (χ0n) is 11.7. The average Bonchev–Trinajstić information content (AvgIpc) is 2.54. The van der Waals surface area contributed by atoms with Gasteiger partial charge in [-0.05, 0) is 36.4 Å². The SMILES string of the molecule is O=C(O)C1CN(S(=O)(=O)c2ccc(Cl)cc2)c2ccccc2O1. The van der Waals surface area contributed by atoms with E-state index in [9.17, 15) is 18.3 Å². The van der Waals surface area contributed by atoms with Gasteiger partial charge >= 0.3 is 5.97 Å². The third kappa shape index (κ3) is 2.85. The third-order valence-corrected chi connectivity index (χ3v) is 5.46. The van der Waals surface area contributed by atoms with Gasteiger partial charge in [0.2, 0.25) is 6.10 Å². The number of benzene rings is 2. The second-order valence-corrected chi connectivity index (χ2v) is 7.20. The van der Waals surface area contributed by atoms with E-state index >= 15 is 0 Å². The number of sulfonamides is 1. The fraction of sp³-hybridized carbons (Fsp3) is 0.133. The van der Waals surface area contributed by atoms with Crippen molar-refractivity contribution < 1.29 is 23.1 Å². The largest absolute Gasteiger partial charge is 0.478 e. The minimum absolute atomic E-state index is 0.0303. The van der Waals surface area contributed by atoms with E-state index in [4.69, 9.17) is 16.3 Å². The molecule has 0 spiro atoms. The Kier molecular flexibility index (Phi) is 3.91. The second-order valence-electron chi connectivity index (χ2n) is 4.90. The first-order valence-electron chi connectivity index (χ1n) is 6.66. The number of ether oxygens (including phenoxy) is 1. The molecule has 120 valence electrons. The number of anilines is 1. The smallest absolute Gasteiger partial charge is 0.346 e. The summed E-state index contributed by atoms with van der Waals surface area (Å²) in [5.74, 6) is -1.01. The quantitative estimate of drug-likeness (QED) is 0.915. The predicted octanol–water partition coefficient (Wildman–Crippen LogP) is 2.38. The van der Waals surface area contributed by atoms with Crippen molar-refractivity contribution in [3.63, 3.8) is 0 Å². The van der Waals surface area contributed by atoms with E-state index in [2.05, 4.69) is 0 Å². The molecular formula is C15H12ClNO5S. The summed E-state index contributed by atoms with van der Waals surface area (Å²) in [6, 6.07) is 12.1. The lowest BCUT2D eigenvalue weighted by molar-refractivity contribution is -0.144. The number of nitrogens with zero attached hydrogens (tertiary/aromatic N) is 1. The number of para-hydroxylation sites is 2. The van der Waals surface area contributed by atoms with Crippen LogP contribution in [-0.4, -0.2) is 32.1 Å². The van der Waals surface area contributed by atoms with E-state index in [-0.39, 0.29) is 17.2 Å². The Morgan fingerprint density at radius 1 is 1.17 bits per heavy atom. The van der Waals surface area contributed by atoms with Crippen molar-refractivity contribution in [3.8, 4) is 5.75 Å². The highest BCUT2D eigenvalue weighted by atomic mass is 35.5. The van der Waals surface area contributed by atoms with Gasteiger partial charge in [0.25, 0.3) is 10.0 Å². The number of rotatable bonds is 3. The van der Waals surface area contributed by atoms with Gasteiger partial charge in [0.05, 0.1) is 17.1 Å². The van der Waals surface area contributed by atoms with Gasteiger partial charge in [-0.15, -0.1) is 0 Å². The number of aliphatic carboxylic acids is 1. The highest BCUT2D eigenvalue weighted by Crippen LogP contribution is 2.36. The molecule has 1 aliphatic heterocycles. The van der Waals surface area contributed by atoms with Crippen molar-refractivity contribution >= 4 is 33.3 Å². The first-order valence-corrected chi connectivity index (χ1v) is 8.48. The fourth-order valence-electron chi connectivity index (χ4n) is 2.29. The van der Waals surface area contributed by atoms with E-state index in [0.29, 0.717) is 10.7 Å². The summed E-state index contributed by atoms with van der Waals surface area (Å²) in [5.41, 5.74) is 0.306. The van der Waals surface area contributed by atoms with Gasteiger partial charge in [0.15, 0.2) is 0 Å². The minimum Gasteiger partial charge on any atom is -0.478 e. The highest BCUT2D eigenvalue weighted by molar-refractivity contribution is 7.92. The molecule has 0 bridgehead atoms. The van der Waals surface area contributed by atoms with Crippen LogP contribution in [0.2, 0.25) is 5.02 Å². The number of hydrogen-bond acceptors (Lipinski definition) is 4. The van der Waals surface area contributed by atoms with Gasteiger partial charge in [-0.25, -0.2) is 13.2 Å². The van der Waals surface area contributed by atoms with Crippen molar-refractivity contribution in [2.75, 3.05) is 10.8 Å². The molecule has 8 heteroatoms. The predicted molar refractivity (Wildman–Crippen MR) is 84.5 cm³/mol.